The molecule has 100 valence electrons. The van der Waals surface area contributed by atoms with Crippen molar-refractivity contribution < 1.29 is 0 Å². The second-order valence-electron chi connectivity index (χ2n) is 5.09. The maximum absolute atomic E-state index is 4.47. The van der Waals surface area contributed by atoms with Gasteiger partial charge in [-0.1, -0.05) is 54.6 Å². The molecule has 2 aromatic carbocycles. The molecule has 0 aliphatic heterocycles. The Morgan fingerprint density at radius 3 is 2.45 bits per heavy atom. The van der Waals surface area contributed by atoms with Crippen molar-refractivity contribution in [1.82, 2.24) is 9.97 Å². The molecule has 2 heteroatoms. The lowest BCUT2D eigenvalue weighted by atomic mass is 9.87. The van der Waals surface area contributed by atoms with Crippen LogP contribution in [0.4, 0.5) is 0 Å². The van der Waals surface area contributed by atoms with E-state index in [1.54, 1.807) is 6.33 Å². The zero-order valence-corrected chi connectivity index (χ0v) is 11.6. The summed E-state index contributed by atoms with van der Waals surface area (Å²) in [5.74, 6) is 0.296. The molecule has 1 aromatic heterocycles. The highest BCUT2D eigenvalue weighted by Crippen LogP contribution is 2.29. The third-order valence-electron chi connectivity index (χ3n) is 3.72. The Kier molecular flexibility index (Phi) is 3.64. The maximum Gasteiger partial charge on any atom is 0.0923 e. The molecule has 0 amide bonds. The van der Waals surface area contributed by atoms with Crippen molar-refractivity contribution in [3.05, 3.63) is 89.5 Å². The zero-order chi connectivity index (χ0) is 13.8. The van der Waals surface area contributed by atoms with Crippen LogP contribution in [0.1, 0.15) is 28.3 Å². The summed E-state index contributed by atoms with van der Waals surface area (Å²) in [5.41, 5.74) is 5.10. The van der Waals surface area contributed by atoms with Gasteiger partial charge in [0.1, 0.15) is 0 Å². The van der Waals surface area contributed by atoms with Crippen LogP contribution in [-0.4, -0.2) is 9.97 Å². The van der Waals surface area contributed by atoms with Gasteiger partial charge in [-0.25, -0.2) is 4.98 Å². The fourth-order valence-electron chi connectivity index (χ4n) is 2.66. The highest BCUT2D eigenvalue weighted by Gasteiger charge is 2.18. The molecule has 20 heavy (non-hydrogen) atoms. The first-order chi connectivity index (χ1) is 9.84. The van der Waals surface area contributed by atoms with Gasteiger partial charge in [-0.15, -0.1) is 0 Å². The van der Waals surface area contributed by atoms with E-state index in [0.29, 0.717) is 5.92 Å². The van der Waals surface area contributed by atoms with Crippen LogP contribution in [0, 0.1) is 6.92 Å². The number of H-pyrrole nitrogens is 1. The van der Waals surface area contributed by atoms with Crippen molar-refractivity contribution in [2.45, 2.75) is 19.3 Å². The van der Waals surface area contributed by atoms with Gasteiger partial charge in [0.25, 0.3) is 0 Å². The van der Waals surface area contributed by atoms with E-state index in [0.717, 1.165) is 12.1 Å². The molecule has 0 spiro atoms. The van der Waals surface area contributed by atoms with Gasteiger partial charge in [0, 0.05) is 12.1 Å². The third kappa shape index (κ3) is 2.64. The molecule has 0 radical (unpaired) electrons. The number of aryl methyl sites for hydroxylation is 1. The number of hydrogen-bond donors (Lipinski definition) is 1. The largest absolute Gasteiger partial charge is 0.351 e. The minimum atomic E-state index is 0.296. The van der Waals surface area contributed by atoms with Crippen LogP contribution in [0.25, 0.3) is 0 Å². The lowest BCUT2D eigenvalue weighted by Gasteiger charge is -2.18. The number of imidazole rings is 1. The van der Waals surface area contributed by atoms with Gasteiger partial charge >= 0.3 is 0 Å². The number of nitrogens with zero attached hydrogens (tertiary/aromatic N) is 1. The van der Waals surface area contributed by atoms with Crippen LogP contribution in [0.15, 0.2) is 67.1 Å². The number of nitrogens with one attached hydrogen (secondary N) is 1. The first-order valence-electron chi connectivity index (χ1n) is 6.93. The van der Waals surface area contributed by atoms with E-state index in [2.05, 4.69) is 71.5 Å². The fourth-order valence-corrected chi connectivity index (χ4v) is 2.66. The summed E-state index contributed by atoms with van der Waals surface area (Å²) in [7, 11) is 0. The lowest BCUT2D eigenvalue weighted by Crippen LogP contribution is -2.07. The van der Waals surface area contributed by atoms with Crippen molar-refractivity contribution in [3.8, 4) is 0 Å². The minimum absolute atomic E-state index is 0.296. The van der Waals surface area contributed by atoms with Crippen molar-refractivity contribution >= 4 is 0 Å². The lowest BCUT2D eigenvalue weighted by molar-refractivity contribution is 0.774. The molecule has 1 atom stereocenters. The Labute approximate surface area is 119 Å². The molecule has 1 unspecified atom stereocenters. The number of aromatic amines is 1. The highest BCUT2D eigenvalue weighted by atomic mass is 14.9. The van der Waals surface area contributed by atoms with Crippen LogP contribution in [0.2, 0.25) is 0 Å². The van der Waals surface area contributed by atoms with E-state index in [1.165, 1.54) is 16.7 Å². The fraction of sp³-hybridized carbons (Fsp3) is 0.167. The summed E-state index contributed by atoms with van der Waals surface area (Å²) < 4.78 is 0. The Hall–Kier alpha value is -2.35. The van der Waals surface area contributed by atoms with Crippen molar-refractivity contribution in [2.24, 2.45) is 0 Å². The summed E-state index contributed by atoms with van der Waals surface area (Å²) in [6.07, 6.45) is 4.72. The molecule has 0 fully saturated rings. The smallest absolute Gasteiger partial charge is 0.0923 e. The van der Waals surface area contributed by atoms with Gasteiger partial charge in [0.2, 0.25) is 0 Å². The van der Waals surface area contributed by atoms with Gasteiger partial charge in [0.05, 0.1) is 12.0 Å². The molecular formula is C18H18N2. The molecule has 0 aliphatic carbocycles. The van der Waals surface area contributed by atoms with E-state index in [1.807, 2.05) is 6.20 Å². The summed E-state index contributed by atoms with van der Waals surface area (Å²) in [6, 6.07) is 19.2. The Morgan fingerprint density at radius 2 is 1.75 bits per heavy atom. The molecule has 1 N–H and O–H groups in total. The van der Waals surface area contributed by atoms with Crippen molar-refractivity contribution in [3.63, 3.8) is 0 Å². The Balaban J connectivity index is 1.99. The topological polar surface area (TPSA) is 28.7 Å². The molecule has 3 rings (SSSR count). The minimum Gasteiger partial charge on any atom is -0.351 e. The first kappa shape index (κ1) is 12.7. The second-order valence-corrected chi connectivity index (χ2v) is 5.09. The number of benzene rings is 2. The van der Waals surface area contributed by atoms with E-state index in [-0.39, 0.29) is 0 Å². The summed E-state index contributed by atoms with van der Waals surface area (Å²) in [5, 5.41) is 0. The van der Waals surface area contributed by atoms with Gasteiger partial charge in [-0.3, -0.25) is 0 Å². The number of hydrogen-bond acceptors (Lipinski definition) is 1. The molecule has 0 aliphatic rings. The molecule has 3 aromatic rings. The SMILES string of the molecule is Cc1ccccc1C(Cc1ccccc1)c1c[nH]cn1. The second kappa shape index (κ2) is 5.74. The Bertz CT molecular complexity index is 657. The van der Waals surface area contributed by atoms with E-state index in [4.69, 9.17) is 0 Å². The van der Waals surface area contributed by atoms with E-state index < -0.39 is 0 Å². The Morgan fingerprint density at radius 1 is 1.00 bits per heavy atom. The molecule has 0 saturated carbocycles. The van der Waals surface area contributed by atoms with Crippen LogP contribution in [-0.2, 0) is 6.42 Å². The maximum atomic E-state index is 4.47. The van der Waals surface area contributed by atoms with Gasteiger partial charge < -0.3 is 4.98 Å². The predicted octanol–water partition coefficient (Wildman–Crippen LogP) is 4.09. The van der Waals surface area contributed by atoms with Crippen LogP contribution in [0.5, 0.6) is 0 Å². The summed E-state index contributed by atoms with van der Waals surface area (Å²) in [6.45, 7) is 2.17. The van der Waals surface area contributed by atoms with Gasteiger partial charge in [-0.2, -0.15) is 0 Å². The van der Waals surface area contributed by atoms with Gasteiger partial charge in [-0.05, 0) is 30.0 Å². The number of rotatable bonds is 4. The quantitative estimate of drug-likeness (QED) is 0.753. The highest BCUT2D eigenvalue weighted by molar-refractivity contribution is 5.36. The van der Waals surface area contributed by atoms with Gasteiger partial charge in [0.15, 0.2) is 0 Å². The molecule has 0 saturated heterocycles. The monoisotopic (exact) mass is 262 g/mol. The van der Waals surface area contributed by atoms with E-state index >= 15 is 0 Å². The summed E-state index contributed by atoms with van der Waals surface area (Å²) in [4.78, 5) is 7.55. The van der Waals surface area contributed by atoms with Crippen molar-refractivity contribution in [2.75, 3.05) is 0 Å². The zero-order valence-electron chi connectivity index (χ0n) is 11.6. The molecular weight excluding hydrogens is 244 g/mol. The van der Waals surface area contributed by atoms with Crippen LogP contribution >= 0.6 is 0 Å². The molecule has 0 bridgehead atoms. The molecule has 1 heterocycles. The predicted molar refractivity (Wildman–Crippen MR) is 81.8 cm³/mol. The standard InChI is InChI=1S/C18H18N2/c1-14-7-5-6-10-16(14)17(18-12-19-13-20-18)11-15-8-3-2-4-9-15/h2-10,12-13,17H,11H2,1H3,(H,19,20). The van der Waals surface area contributed by atoms with Crippen LogP contribution < -0.4 is 0 Å². The summed E-state index contributed by atoms with van der Waals surface area (Å²) >= 11 is 0. The average Bonchev–Trinajstić information content (AvgIpc) is 3.01. The third-order valence-corrected chi connectivity index (χ3v) is 3.72. The van der Waals surface area contributed by atoms with E-state index in [9.17, 15) is 0 Å². The normalized spacial score (nSPS) is 12.2. The van der Waals surface area contributed by atoms with Crippen molar-refractivity contribution in [1.29, 1.82) is 0 Å². The average molecular weight is 262 g/mol. The first-order valence-corrected chi connectivity index (χ1v) is 6.93. The van der Waals surface area contributed by atoms with Crippen LogP contribution in [0.3, 0.4) is 0 Å². The molecule has 2 nitrogen and oxygen atoms in total. The number of aromatic nitrogens is 2.